The molecule has 0 unspecified atom stereocenters. The Labute approximate surface area is 191 Å². The molecule has 0 atom stereocenters. The number of halogens is 1. The van der Waals surface area contributed by atoms with Crippen LogP contribution in [0.4, 0.5) is 4.39 Å². The van der Waals surface area contributed by atoms with E-state index in [0.29, 0.717) is 51.0 Å². The zero-order valence-electron chi connectivity index (χ0n) is 18.7. The molecule has 0 saturated heterocycles. The Bertz CT molecular complexity index is 1250. The van der Waals surface area contributed by atoms with Crippen LogP contribution in [0.2, 0.25) is 0 Å². The summed E-state index contributed by atoms with van der Waals surface area (Å²) in [6.07, 6.45) is 1.60. The van der Waals surface area contributed by atoms with Gasteiger partial charge in [0.15, 0.2) is 17.3 Å². The molecule has 0 bridgehead atoms. The van der Waals surface area contributed by atoms with Crippen LogP contribution in [0, 0.1) is 12.7 Å². The van der Waals surface area contributed by atoms with Crippen LogP contribution in [-0.2, 0) is 6.61 Å². The fraction of sp³-hybridized carbons (Fsp3) is 0.192. The number of ether oxygens (including phenoxy) is 5. The van der Waals surface area contributed by atoms with E-state index in [-0.39, 0.29) is 24.0 Å². The highest BCUT2D eigenvalue weighted by Crippen LogP contribution is 2.40. The van der Waals surface area contributed by atoms with Crippen molar-refractivity contribution in [2.24, 2.45) is 0 Å². The van der Waals surface area contributed by atoms with Crippen LogP contribution in [0.15, 0.2) is 54.3 Å². The second-order valence-corrected chi connectivity index (χ2v) is 7.38. The minimum absolute atomic E-state index is 0.0599. The summed E-state index contributed by atoms with van der Waals surface area (Å²) in [5.41, 5.74) is 2.19. The second kappa shape index (κ2) is 9.24. The maximum Gasteiger partial charge on any atom is 0.232 e. The van der Waals surface area contributed by atoms with Gasteiger partial charge in [-0.25, -0.2) is 4.39 Å². The van der Waals surface area contributed by atoms with Gasteiger partial charge < -0.3 is 23.7 Å². The van der Waals surface area contributed by atoms with E-state index in [4.69, 9.17) is 23.7 Å². The van der Waals surface area contributed by atoms with E-state index >= 15 is 0 Å². The summed E-state index contributed by atoms with van der Waals surface area (Å²) < 4.78 is 41.6. The molecule has 1 aliphatic heterocycles. The molecule has 0 amide bonds. The van der Waals surface area contributed by atoms with Gasteiger partial charge in [-0.2, -0.15) is 0 Å². The molecule has 170 valence electrons. The van der Waals surface area contributed by atoms with Gasteiger partial charge in [0.25, 0.3) is 0 Å². The van der Waals surface area contributed by atoms with Crippen LogP contribution in [0.25, 0.3) is 6.08 Å². The third-order valence-electron chi connectivity index (χ3n) is 5.32. The molecule has 0 fully saturated rings. The zero-order chi connectivity index (χ0) is 23.5. The maximum absolute atomic E-state index is 13.9. The lowest BCUT2D eigenvalue weighted by atomic mass is 10.0. The Morgan fingerprint density at radius 3 is 2.33 bits per heavy atom. The van der Waals surface area contributed by atoms with Gasteiger partial charge in [0.2, 0.25) is 5.78 Å². The Kier molecular flexibility index (Phi) is 6.22. The van der Waals surface area contributed by atoms with E-state index in [1.54, 1.807) is 55.5 Å². The van der Waals surface area contributed by atoms with E-state index in [1.807, 2.05) is 0 Å². The van der Waals surface area contributed by atoms with Crippen LogP contribution in [0.1, 0.15) is 27.0 Å². The number of rotatable bonds is 7. The lowest BCUT2D eigenvalue weighted by molar-refractivity contribution is 0.101. The molecule has 1 aliphatic rings. The first-order valence-electron chi connectivity index (χ1n) is 10.2. The van der Waals surface area contributed by atoms with Crippen LogP contribution in [-0.4, -0.2) is 27.1 Å². The molecule has 0 N–H and O–H groups in total. The number of hydrogen-bond acceptors (Lipinski definition) is 6. The highest BCUT2D eigenvalue weighted by Gasteiger charge is 2.30. The van der Waals surface area contributed by atoms with Gasteiger partial charge in [-0.05, 0) is 36.8 Å². The Hall–Kier alpha value is -4.00. The van der Waals surface area contributed by atoms with Gasteiger partial charge in [0.1, 0.15) is 29.7 Å². The summed E-state index contributed by atoms with van der Waals surface area (Å²) in [5.74, 6) is 1.92. The molecule has 33 heavy (non-hydrogen) atoms. The topological polar surface area (TPSA) is 63.2 Å². The normalized spacial score (nSPS) is 13.5. The first-order chi connectivity index (χ1) is 15.9. The van der Waals surface area contributed by atoms with E-state index in [0.717, 1.165) is 0 Å². The summed E-state index contributed by atoms with van der Waals surface area (Å²) in [6, 6.07) is 13.2. The molecule has 0 spiro atoms. The van der Waals surface area contributed by atoms with Crippen molar-refractivity contribution in [3.8, 4) is 28.7 Å². The van der Waals surface area contributed by atoms with E-state index in [2.05, 4.69) is 0 Å². The predicted molar refractivity (Wildman–Crippen MR) is 121 cm³/mol. The third-order valence-corrected chi connectivity index (χ3v) is 5.32. The molecule has 0 aliphatic carbocycles. The number of aryl methyl sites for hydroxylation is 1. The van der Waals surface area contributed by atoms with E-state index in [1.165, 1.54) is 27.4 Å². The molecule has 3 aromatic carbocycles. The van der Waals surface area contributed by atoms with Crippen molar-refractivity contribution in [1.82, 2.24) is 0 Å². The molecule has 1 heterocycles. The molecule has 6 nitrogen and oxygen atoms in total. The quantitative estimate of drug-likeness (QED) is 0.452. The zero-order valence-corrected chi connectivity index (χ0v) is 18.7. The van der Waals surface area contributed by atoms with E-state index in [9.17, 15) is 9.18 Å². The number of methoxy groups -OCH3 is 3. The van der Waals surface area contributed by atoms with Gasteiger partial charge in [0, 0.05) is 23.3 Å². The first kappa shape index (κ1) is 22.2. The van der Waals surface area contributed by atoms with Crippen LogP contribution < -0.4 is 23.7 Å². The fourth-order valence-corrected chi connectivity index (χ4v) is 3.64. The van der Waals surface area contributed by atoms with Crippen molar-refractivity contribution in [2.45, 2.75) is 13.5 Å². The Balaban J connectivity index is 1.63. The van der Waals surface area contributed by atoms with Gasteiger partial charge in [-0.3, -0.25) is 4.79 Å². The number of fused-ring (bicyclic) bond motifs is 1. The number of allylic oxidation sites excluding steroid dienone is 1. The molecular formula is C26H23FO6. The third kappa shape index (κ3) is 4.35. The summed E-state index contributed by atoms with van der Waals surface area (Å²) >= 11 is 0. The first-order valence-corrected chi connectivity index (χ1v) is 10.2. The van der Waals surface area contributed by atoms with Crippen LogP contribution in [0.5, 0.6) is 28.7 Å². The SMILES string of the molecule is COc1cc(OC)c(OC)cc1/C=C1\Oc2cc(OCc3ccccc3F)cc(C)c2C1=O. The van der Waals surface area contributed by atoms with Crippen molar-refractivity contribution in [1.29, 1.82) is 0 Å². The van der Waals surface area contributed by atoms with Crippen molar-refractivity contribution >= 4 is 11.9 Å². The highest BCUT2D eigenvalue weighted by molar-refractivity contribution is 6.15. The van der Waals surface area contributed by atoms with Crippen molar-refractivity contribution in [3.05, 3.63) is 82.4 Å². The van der Waals surface area contributed by atoms with Gasteiger partial charge in [-0.15, -0.1) is 0 Å². The largest absolute Gasteiger partial charge is 0.496 e. The molecule has 0 radical (unpaired) electrons. The second-order valence-electron chi connectivity index (χ2n) is 7.38. The van der Waals surface area contributed by atoms with Crippen molar-refractivity contribution in [2.75, 3.05) is 21.3 Å². The summed E-state index contributed by atoms with van der Waals surface area (Å²) in [7, 11) is 4.59. The average Bonchev–Trinajstić information content (AvgIpc) is 3.13. The highest BCUT2D eigenvalue weighted by atomic mass is 19.1. The number of carbonyl (C=O) groups is 1. The van der Waals surface area contributed by atoms with Crippen molar-refractivity contribution in [3.63, 3.8) is 0 Å². The Morgan fingerprint density at radius 2 is 1.64 bits per heavy atom. The van der Waals surface area contributed by atoms with Gasteiger partial charge >= 0.3 is 0 Å². The summed E-state index contributed by atoms with van der Waals surface area (Å²) in [6.45, 7) is 1.86. The van der Waals surface area contributed by atoms with E-state index < -0.39 is 0 Å². The predicted octanol–water partition coefficient (Wildman–Crippen LogP) is 5.36. The number of hydrogen-bond donors (Lipinski definition) is 0. The molecule has 0 saturated carbocycles. The van der Waals surface area contributed by atoms with Crippen LogP contribution in [0.3, 0.4) is 0 Å². The summed E-state index contributed by atoms with van der Waals surface area (Å²) in [5, 5.41) is 0. The smallest absolute Gasteiger partial charge is 0.232 e. The monoisotopic (exact) mass is 450 g/mol. The standard InChI is InChI=1S/C26H23FO6/c1-15-9-18(32-14-16-7-5-6-8-19(16)27)12-23-25(15)26(28)24(33-23)11-17-10-21(30-3)22(31-4)13-20(17)29-2/h5-13H,14H2,1-4H3/b24-11-. The number of Topliss-reactive ketones (excluding diaryl/α,β-unsaturated/α-hetero) is 1. The number of ketones is 1. The lowest BCUT2D eigenvalue weighted by Gasteiger charge is -2.12. The maximum atomic E-state index is 13.9. The fourth-order valence-electron chi connectivity index (χ4n) is 3.64. The van der Waals surface area contributed by atoms with Crippen molar-refractivity contribution < 1.29 is 32.9 Å². The summed E-state index contributed by atoms with van der Waals surface area (Å²) in [4.78, 5) is 13.1. The molecule has 3 aromatic rings. The van der Waals surface area contributed by atoms with Gasteiger partial charge in [-0.1, -0.05) is 18.2 Å². The Morgan fingerprint density at radius 1 is 0.939 bits per heavy atom. The minimum atomic E-state index is -0.337. The number of carbonyl (C=O) groups excluding carboxylic acids is 1. The molecule has 4 rings (SSSR count). The lowest BCUT2D eigenvalue weighted by Crippen LogP contribution is -2.01. The number of benzene rings is 3. The average molecular weight is 450 g/mol. The molecular weight excluding hydrogens is 427 g/mol. The van der Waals surface area contributed by atoms with Crippen LogP contribution >= 0.6 is 0 Å². The molecule has 0 aromatic heterocycles. The molecule has 7 heteroatoms. The van der Waals surface area contributed by atoms with Gasteiger partial charge in [0.05, 0.1) is 26.9 Å². The minimum Gasteiger partial charge on any atom is -0.496 e.